The predicted octanol–water partition coefficient (Wildman–Crippen LogP) is 4.77. The summed E-state index contributed by atoms with van der Waals surface area (Å²) < 4.78 is 0. The molecule has 3 rings (SSSR count). The van der Waals surface area contributed by atoms with Gasteiger partial charge in [0.25, 0.3) is 0 Å². The van der Waals surface area contributed by atoms with Gasteiger partial charge in [-0.15, -0.1) is 0 Å². The average molecular weight is 671 g/mol. The highest BCUT2D eigenvalue weighted by molar-refractivity contribution is 5.98. The summed E-state index contributed by atoms with van der Waals surface area (Å²) in [7, 11) is 0. The van der Waals surface area contributed by atoms with E-state index in [9.17, 15) is 38.7 Å². The second-order valence-electron chi connectivity index (χ2n) is 12.8. The number of likely N-dealkylation sites (tertiary alicyclic amines) is 1. The van der Waals surface area contributed by atoms with Gasteiger partial charge in [-0.3, -0.25) is 28.8 Å². The fourth-order valence-electron chi connectivity index (χ4n) is 5.81. The Morgan fingerprint density at radius 2 is 1.37 bits per heavy atom. The van der Waals surface area contributed by atoms with Crippen molar-refractivity contribution in [2.24, 2.45) is 0 Å². The summed E-state index contributed by atoms with van der Waals surface area (Å²) >= 11 is 0. The molecule has 0 bridgehead atoms. The quantitative estimate of drug-likeness (QED) is 0.160. The number of carboxylic acid groups (broad SMARTS) is 1. The molecule has 10 nitrogen and oxygen atoms in total. The highest BCUT2D eigenvalue weighted by Crippen LogP contribution is 2.30. The van der Waals surface area contributed by atoms with Crippen LogP contribution >= 0.6 is 0 Å². The number of nitrogens with one attached hydrogen (secondary N) is 1. The Bertz CT molecular complexity index is 1660. The van der Waals surface area contributed by atoms with E-state index in [-0.39, 0.29) is 54.8 Å². The van der Waals surface area contributed by atoms with Gasteiger partial charge in [0.2, 0.25) is 11.8 Å². The largest absolute Gasteiger partial charge is 0.479 e. The van der Waals surface area contributed by atoms with Crippen LogP contribution in [0, 0.1) is 20.8 Å². The number of ketones is 4. The predicted molar refractivity (Wildman–Crippen MR) is 185 cm³/mol. The van der Waals surface area contributed by atoms with E-state index < -0.39 is 24.0 Å². The molecule has 2 aromatic carbocycles. The molecule has 1 saturated heterocycles. The van der Waals surface area contributed by atoms with Crippen LogP contribution in [0.3, 0.4) is 0 Å². The summed E-state index contributed by atoms with van der Waals surface area (Å²) in [4.78, 5) is 86.0. The van der Waals surface area contributed by atoms with Crippen LogP contribution in [0.1, 0.15) is 90.9 Å². The number of hydrogen-bond acceptors (Lipinski definition) is 7. The Morgan fingerprint density at radius 3 is 1.90 bits per heavy atom. The molecule has 49 heavy (non-hydrogen) atoms. The van der Waals surface area contributed by atoms with Crippen LogP contribution in [0.25, 0.3) is 0 Å². The van der Waals surface area contributed by atoms with Crippen molar-refractivity contribution < 1.29 is 38.7 Å². The van der Waals surface area contributed by atoms with E-state index in [1.807, 2.05) is 39.0 Å². The minimum Gasteiger partial charge on any atom is -0.479 e. The lowest BCUT2D eigenvalue weighted by molar-refractivity contribution is -0.160. The number of hydrogen-bond donors (Lipinski definition) is 2. The van der Waals surface area contributed by atoms with Gasteiger partial charge >= 0.3 is 5.97 Å². The summed E-state index contributed by atoms with van der Waals surface area (Å²) in [5, 5.41) is 12.7. The molecule has 2 aromatic rings. The van der Waals surface area contributed by atoms with Crippen LogP contribution < -0.4 is 5.32 Å². The Hall–Kier alpha value is -4.99. The molecule has 0 saturated carbocycles. The number of carbonyl (C=O) groups excluding carboxylic acids is 6. The van der Waals surface area contributed by atoms with E-state index in [1.54, 1.807) is 12.1 Å². The third-order valence-electron chi connectivity index (χ3n) is 8.76. The lowest BCUT2D eigenvalue weighted by atomic mass is 9.93. The molecule has 10 heteroatoms. The van der Waals surface area contributed by atoms with Crippen molar-refractivity contribution >= 4 is 40.9 Å². The molecule has 1 aliphatic rings. The van der Waals surface area contributed by atoms with Crippen molar-refractivity contribution in [2.45, 2.75) is 98.1 Å². The topological polar surface area (TPSA) is 155 Å². The van der Waals surface area contributed by atoms with Crippen LogP contribution in [0.15, 0.2) is 54.6 Å². The molecule has 2 N–H and O–H groups in total. The second kappa shape index (κ2) is 18.0. The number of β-lactam (4-membered cyclic amide) rings is 1. The van der Waals surface area contributed by atoms with Crippen molar-refractivity contribution in [1.82, 2.24) is 10.2 Å². The Balaban J connectivity index is 1.64. The number of aliphatic carboxylic acids is 1. The number of carbonyl (C=O) groups is 7. The lowest BCUT2D eigenvalue weighted by Crippen LogP contribution is -2.65. The molecular formula is C39H46N2O8. The Kier molecular flexibility index (Phi) is 14.1. The van der Waals surface area contributed by atoms with E-state index in [2.05, 4.69) is 5.32 Å². The number of benzene rings is 2. The van der Waals surface area contributed by atoms with Crippen molar-refractivity contribution in [2.75, 3.05) is 6.54 Å². The first-order chi connectivity index (χ1) is 23.2. The summed E-state index contributed by atoms with van der Waals surface area (Å²) in [6.07, 6.45) is 8.43. The molecule has 260 valence electrons. The number of carboxylic acids is 1. The average Bonchev–Trinajstić information content (AvgIpc) is 3.04. The van der Waals surface area contributed by atoms with Gasteiger partial charge in [-0.25, -0.2) is 4.79 Å². The highest BCUT2D eigenvalue weighted by atomic mass is 16.4. The SMILES string of the molecule is CC(=O)/C=C/C(=O)CCCc1ccc(CCCC(=O)/C=C/C(C)=O)c(CCC(=O)NC2CN([C@@H](C(=O)O)c3cc(C)c(C)c(C)c3)C2=O)c1. The molecule has 2 amide bonds. The second-order valence-corrected chi connectivity index (χ2v) is 12.8. The molecular weight excluding hydrogens is 624 g/mol. The molecule has 0 radical (unpaired) electrons. The first-order valence-corrected chi connectivity index (χ1v) is 16.6. The molecule has 1 aliphatic heterocycles. The zero-order chi connectivity index (χ0) is 36.2. The molecule has 1 heterocycles. The maximum atomic E-state index is 13.1. The Morgan fingerprint density at radius 1 is 0.796 bits per heavy atom. The third-order valence-corrected chi connectivity index (χ3v) is 8.76. The molecule has 1 unspecified atom stereocenters. The van der Waals surface area contributed by atoms with Gasteiger partial charge in [0.15, 0.2) is 29.2 Å². The summed E-state index contributed by atoms with van der Waals surface area (Å²) in [5.74, 6) is -2.59. The van der Waals surface area contributed by atoms with E-state index in [0.717, 1.165) is 33.4 Å². The Labute approximate surface area is 287 Å². The van der Waals surface area contributed by atoms with Gasteiger partial charge in [-0.2, -0.15) is 0 Å². The monoisotopic (exact) mass is 670 g/mol. The van der Waals surface area contributed by atoms with Gasteiger partial charge in [-0.05, 0) is 130 Å². The fraction of sp³-hybridized carbons (Fsp3) is 0.410. The van der Waals surface area contributed by atoms with Crippen LogP contribution in [-0.2, 0) is 52.8 Å². The lowest BCUT2D eigenvalue weighted by Gasteiger charge is -2.42. The molecule has 0 aliphatic carbocycles. The van der Waals surface area contributed by atoms with E-state index in [0.29, 0.717) is 37.7 Å². The van der Waals surface area contributed by atoms with Gasteiger partial charge in [0.05, 0.1) is 6.54 Å². The summed E-state index contributed by atoms with van der Waals surface area (Å²) in [6.45, 7) is 8.61. The first kappa shape index (κ1) is 38.5. The van der Waals surface area contributed by atoms with Crippen LogP contribution in [0.5, 0.6) is 0 Å². The van der Waals surface area contributed by atoms with Gasteiger partial charge in [-0.1, -0.05) is 30.3 Å². The maximum Gasteiger partial charge on any atom is 0.331 e. The third kappa shape index (κ3) is 11.6. The van der Waals surface area contributed by atoms with E-state index >= 15 is 0 Å². The zero-order valence-corrected chi connectivity index (χ0v) is 29.0. The van der Waals surface area contributed by atoms with E-state index in [4.69, 9.17) is 0 Å². The maximum absolute atomic E-state index is 13.1. The van der Waals surface area contributed by atoms with Crippen molar-refractivity contribution in [3.63, 3.8) is 0 Å². The van der Waals surface area contributed by atoms with Crippen molar-refractivity contribution in [1.29, 1.82) is 0 Å². The van der Waals surface area contributed by atoms with Crippen molar-refractivity contribution in [3.8, 4) is 0 Å². The van der Waals surface area contributed by atoms with E-state index in [1.165, 1.54) is 43.1 Å². The zero-order valence-electron chi connectivity index (χ0n) is 29.0. The number of allylic oxidation sites excluding steroid dienone is 4. The van der Waals surface area contributed by atoms with Gasteiger partial charge in [0, 0.05) is 19.3 Å². The number of rotatable bonds is 19. The van der Waals surface area contributed by atoms with Crippen LogP contribution in [-0.4, -0.2) is 63.5 Å². The standard InChI is InChI=1S/C39H46N2O8/c1-24-20-32(21-25(2)28(24)5)37(39(48)49)41-23-35(38(41)47)40-36(46)19-16-31-22-29(8-6-10-33(44)17-12-26(3)42)14-15-30(31)9-7-11-34(45)18-13-27(4)43/h12-15,17-18,20-22,35,37H,6-11,16,19,23H2,1-5H3,(H,40,46)(H,48,49)/b17-12+,18-13+/t35?,37-/m1/s1. The van der Waals surface area contributed by atoms with Gasteiger partial charge in [0.1, 0.15) is 6.04 Å². The molecule has 0 aromatic heterocycles. The minimum atomic E-state index is -1.14. The number of nitrogens with zero attached hydrogens (tertiary/aromatic N) is 1. The number of aryl methyl sites for hydroxylation is 5. The molecule has 0 spiro atoms. The molecule has 2 atom stereocenters. The number of amides is 2. The van der Waals surface area contributed by atoms with Gasteiger partial charge < -0.3 is 15.3 Å². The van der Waals surface area contributed by atoms with Crippen LogP contribution in [0.4, 0.5) is 0 Å². The fourth-order valence-corrected chi connectivity index (χ4v) is 5.81. The highest BCUT2D eigenvalue weighted by Gasteiger charge is 2.45. The summed E-state index contributed by atoms with van der Waals surface area (Å²) in [6, 6.07) is 7.54. The normalized spacial score (nSPS) is 14.9. The summed E-state index contributed by atoms with van der Waals surface area (Å²) in [5.41, 5.74) is 6.33. The molecule has 1 fully saturated rings. The first-order valence-electron chi connectivity index (χ1n) is 16.6. The van der Waals surface area contributed by atoms with Crippen molar-refractivity contribution in [3.05, 3.63) is 93.6 Å². The van der Waals surface area contributed by atoms with Crippen LogP contribution in [0.2, 0.25) is 0 Å². The minimum absolute atomic E-state index is 0.0840. The smallest absolute Gasteiger partial charge is 0.331 e.